The predicted molar refractivity (Wildman–Crippen MR) is 17.4 cm³/mol. The van der Waals surface area contributed by atoms with E-state index < -0.39 is 15.6 Å². The third-order valence-electron chi connectivity index (χ3n) is 0.216. The Kier molecular flexibility index (Phi) is 25.9. The number of hydrogen-bond donors (Lipinski definition) is 0. The Balaban J connectivity index is -0.0000000675. The van der Waals surface area contributed by atoms with Crippen molar-refractivity contribution >= 4 is 15.6 Å². The third kappa shape index (κ3) is 29.3. The number of rotatable bonds is 3. The van der Waals surface area contributed by atoms with Crippen LogP contribution in [0.2, 0.25) is 0 Å². The van der Waals surface area contributed by atoms with Gasteiger partial charge in [-0.3, -0.25) is 0 Å². The molecule has 14 heteroatoms. The standard InChI is InChI=1S/4Li.H4O8P2/c;;;;1-9(2,3)7-8-10(4,5)6/h;;;;(H2,1,2,3)(H2,4,5,6)/q4*+1;/p-4. The molecule has 0 radical (unpaired) electrons. The molecular weight excluding hydrogens is 218 g/mol. The summed E-state index contributed by atoms with van der Waals surface area (Å²) in [5, 5.41) is 0. The first-order valence-corrected chi connectivity index (χ1v) is 4.55. The molecular formula is Li4O8P2. The van der Waals surface area contributed by atoms with Crippen molar-refractivity contribution in [1.29, 1.82) is 0 Å². The van der Waals surface area contributed by atoms with E-state index in [-0.39, 0.29) is 75.4 Å². The van der Waals surface area contributed by atoms with E-state index in [0.717, 1.165) is 0 Å². The smallest absolute Gasteiger partial charge is 0.788 e. The normalized spacial score (nSPS) is 9.71. The molecule has 14 heavy (non-hydrogen) atoms. The molecule has 0 aromatic carbocycles. The summed E-state index contributed by atoms with van der Waals surface area (Å²) >= 11 is 0. The van der Waals surface area contributed by atoms with Gasteiger partial charge in [0.25, 0.3) is 0 Å². The summed E-state index contributed by atoms with van der Waals surface area (Å²) in [6.07, 6.45) is 0. The molecule has 0 unspecified atom stereocenters. The fraction of sp³-hybridized carbons (Fsp3) is 0. The largest absolute Gasteiger partial charge is 1.00 e. The molecule has 0 bridgehead atoms. The van der Waals surface area contributed by atoms with Crippen molar-refractivity contribution in [3.63, 3.8) is 0 Å². The molecule has 0 fully saturated rings. The van der Waals surface area contributed by atoms with Crippen LogP contribution in [-0.2, 0) is 18.5 Å². The second-order valence-electron chi connectivity index (χ2n) is 1.04. The molecule has 0 spiro atoms. The van der Waals surface area contributed by atoms with Gasteiger partial charge in [0.1, 0.15) is 15.6 Å². The van der Waals surface area contributed by atoms with Crippen LogP contribution in [0.4, 0.5) is 0 Å². The van der Waals surface area contributed by atoms with E-state index in [1.54, 1.807) is 0 Å². The summed E-state index contributed by atoms with van der Waals surface area (Å²) in [6.45, 7) is 0. The Bertz CT molecular complexity index is 170. The van der Waals surface area contributed by atoms with Gasteiger partial charge < -0.3 is 28.7 Å². The van der Waals surface area contributed by atoms with Crippen molar-refractivity contribution < 1.29 is 113 Å². The van der Waals surface area contributed by atoms with Crippen molar-refractivity contribution in [2.45, 2.75) is 0 Å². The summed E-state index contributed by atoms with van der Waals surface area (Å²) in [5.74, 6) is 0. The summed E-state index contributed by atoms with van der Waals surface area (Å²) in [6, 6.07) is 0. The first kappa shape index (κ1) is 30.0. The fourth-order valence-corrected chi connectivity index (χ4v) is 0.735. The second-order valence-corrected chi connectivity index (χ2v) is 3.13. The molecule has 0 rings (SSSR count). The predicted octanol–water partition coefficient (Wildman–Crippen LogP) is -15.4. The van der Waals surface area contributed by atoms with Gasteiger partial charge in [-0.2, -0.15) is 0 Å². The maximum Gasteiger partial charge on any atom is 1.00 e. The summed E-state index contributed by atoms with van der Waals surface area (Å²) < 4.78 is 24.1. The molecule has 0 aliphatic rings. The average molecular weight is 218 g/mol. The van der Waals surface area contributed by atoms with Crippen LogP contribution in [0.1, 0.15) is 0 Å². The van der Waals surface area contributed by atoms with Gasteiger partial charge in [-0.05, 0) is 0 Å². The van der Waals surface area contributed by atoms with E-state index in [1.165, 1.54) is 0 Å². The summed E-state index contributed by atoms with van der Waals surface area (Å²) in [7, 11) is -11.1. The van der Waals surface area contributed by atoms with Gasteiger partial charge in [-0.15, -0.1) is 0 Å². The zero-order valence-corrected chi connectivity index (χ0v) is 9.95. The average Bonchev–Trinajstić information content (AvgIpc) is 1.57. The van der Waals surface area contributed by atoms with Crippen LogP contribution in [0.25, 0.3) is 0 Å². The first-order chi connectivity index (χ1) is 4.21. The van der Waals surface area contributed by atoms with E-state index >= 15 is 0 Å². The second kappa shape index (κ2) is 12.1. The van der Waals surface area contributed by atoms with Gasteiger partial charge in [0.2, 0.25) is 0 Å². The fourth-order valence-electron chi connectivity index (χ4n) is 0.0816. The minimum absolute atomic E-state index is 0. The van der Waals surface area contributed by atoms with Crippen molar-refractivity contribution in [1.82, 2.24) is 0 Å². The van der Waals surface area contributed by atoms with E-state index in [4.69, 9.17) is 0 Å². The quantitative estimate of drug-likeness (QED) is 0.196. The molecule has 0 saturated heterocycles. The van der Waals surface area contributed by atoms with Crippen molar-refractivity contribution in [2.24, 2.45) is 0 Å². The van der Waals surface area contributed by atoms with Gasteiger partial charge in [-0.25, -0.2) is 9.35 Å². The molecule has 8 nitrogen and oxygen atoms in total. The Morgan fingerprint density at radius 1 is 0.643 bits per heavy atom. The Morgan fingerprint density at radius 2 is 0.786 bits per heavy atom. The molecule has 0 aliphatic heterocycles. The van der Waals surface area contributed by atoms with E-state index in [1.807, 2.05) is 0 Å². The monoisotopic (exact) mass is 218 g/mol. The van der Waals surface area contributed by atoms with Gasteiger partial charge in [0.15, 0.2) is 0 Å². The SMILES string of the molecule is O=P([O-])([O-])OOP(=O)([O-])[O-].[Li+].[Li+].[Li+].[Li+]. The molecule has 62 valence electrons. The third-order valence-corrected chi connectivity index (χ3v) is 0.848. The zero-order valence-electron chi connectivity index (χ0n) is 8.16. The molecule has 0 N–H and O–H groups in total. The van der Waals surface area contributed by atoms with Gasteiger partial charge >= 0.3 is 75.4 Å². The van der Waals surface area contributed by atoms with Crippen LogP contribution in [0.15, 0.2) is 0 Å². The van der Waals surface area contributed by atoms with Crippen LogP contribution in [0, 0.1) is 0 Å². The topological polar surface area (TPSA) is 145 Å². The van der Waals surface area contributed by atoms with Crippen LogP contribution >= 0.6 is 15.6 Å². The number of phosphoric acid groups is 2. The van der Waals surface area contributed by atoms with E-state index in [9.17, 15) is 28.7 Å². The minimum Gasteiger partial charge on any atom is -0.788 e. The molecule has 0 aliphatic carbocycles. The molecule has 0 aromatic heterocycles. The van der Waals surface area contributed by atoms with Crippen LogP contribution in [-0.4, -0.2) is 0 Å². The van der Waals surface area contributed by atoms with Gasteiger partial charge in [-0.1, -0.05) is 0 Å². The molecule has 0 heterocycles. The maximum absolute atomic E-state index is 9.40. The minimum atomic E-state index is -5.56. The molecule has 0 aromatic rings. The molecule has 0 amide bonds. The Hall–Kier alpha value is 2.61. The van der Waals surface area contributed by atoms with Crippen molar-refractivity contribution in [2.75, 3.05) is 0 Å². The maximum atomic E-state index is 9.40. The molecule has 0 saturated carbocycles. The van der Waals surface area contributed by atoms with Crippen LogP contribution in [0.5, 0.6) is 0 Å². The van der Waals surface area contributed by atoms with Crippen LogP contribution in [0.3, 0.4) is 0 Å². The van der Waals surface area contributed by atoms with Crippen molar-refractivity contribution in [3.8, 4) is 0 Å². The van der Waals surface area contributed by atoms with Crippen molar-refractivity contribution in [3.05, 3.63) is 0 Å². The van der Waals surface area contributed by atoms with E-state index in [2.05, 4.69) is 9.35 Å². The number of hydrogen-bond acceptors (Lipinski definition) is 8. The summed E-state index contributed by atoms with van der Waals surface area (Å²) in [4.78, 5) is 37.6. The Morgan fingerprint density at radius 3 is 0.857 bits per heavy atom. The van der Waals surface area contributed by atoms with Crippen LogP contribution < -0.4 is 95.0 Å². The zero-order chi connectivity index (χ0) is 8.41. The van der Waals surface area contributed by atoms with E-state index in [0.29, 0.717) is 0 Å². The first-order valence-electron chi connectivity index (χ1n) is 1.63. The summed E-state index contributed by atoms with van der Waals surface area (Å²) in [5.41, 5.74) is 0. The van der Waals surface area contributed by atoms with Gasteiger partial charge in [0, 0.05) is 0 Å². The molecule has 0 atom stereocenters. The Labute approximate surface area is 128 Å². The van der Waals surface area contributed by atoms with Gasteiger partial charge in [0.05, 0.1) is 0 Å².